The van der Waals surface area contributed by atoms with Crippen molar-refractivity contribution in [1.82, 2.24) is 4.57 Å². The van der Waals surface area contributed by atoms with Gasteiger partial charge in [0.1, 0.15) is 0 Å². The van der Waals surface area contributed by atoms with E-state index in [1.807, 2.05) is 45.1 Å². The standard InChI is InChI=1S/C45H34.C26H23N.C2H6/c1-2-3-23-42-43(30-31-17-5-4-6-18-31)45(38-26-13-9-21-34(38)35-22-10-14-27-39(35)45)41-29-16-15-28-40(41)44(42)36-24-11-7-19-32(36)33-20-8-12-25-37(33)44;1-4-6-9-20(5-2)21-13-15-22(16-14-21)27-25-11-8-7-10-23(25)24-18-19(3)12-17-26(24)27;1-2/h2-9,11-21,23-29H,1,10,22,30H2;4-18H,2H2,1,3H3;1-2H3/b23-3-;6-4-,20-9+;. The van der Waals surface area contributed by atoms with Gasteiger partial charge in [-0.05, 0) is 147 Å². The van der Waals surface area contributed by atoms with E-state index in [2.05, 4.69) is 249 Å². The SMILES string of the molecule is C=C/C(=C\C=C/C)c1ccc(-n2c3ccccc3c3cc(C)ccc32)cc1.C=C/C=C\C1=C(Cc2ccccc2)C2(C3=C(CCC=C3)c3ccccc32)c2ccccc2C12c1ccccc1-c1ccccc12.CC. The van der Waals surface area contributed by atoms with Crippen molar-refractivity contribution in [3.05, 3.63) is 329 Å². The fourth-order valence-corrected chi connectivity index (χ4v) is 12.9. The molecule has 0 N–H and O–H groups in total. The van der Waals surface area contributed by atoms with Crippen LogP contribution in [0.25, 0.3) is 49.8 Å². The topological polar surface area (TPSA) is 4.93 Å². The summed E-state index contributed by atoms with van der Waals surface area (Å²) in [4.78, 5) is 0. The number of fused-ring (bicyclic) bond motifs is 15. The van der Waals surface area contributed by atoms with Gasteiger partial charge in [-0.2, -0.15) is 0 Å². The molecule has 0 saturated heterocycles. The summed E-state index contributed by atoms with van der Waals surface area (Å²) in [7, 11) is 0. The second kappa shape index (κ2) is 20.2. The monoisotopic (exact) mass is 953 g/mol. The van der Waals surface area contributed by atoms with E-state index in [4.69, 9.17) is 0 Å². The molecule has 1 heterocycles. The Bertz CT molecular complexity index is 3770. The molecule has 4 aliphatic rings. The summed E-state index contributed by atoms with van der Waals surface area (Å²) in [5.74, 6) is 0. The third-order valence-corrected chi connectivity index (χ3v) is 15.7. The maximum absolute atomic E-state index is 4.16. The summed E-state index contributed by atoms with van der Waals surface area (Å²) >= 11 is 0. The fourth-order valence-electron chi connectivity index (χ4n) is 12.9. The molecular weight excluding hydrogens is 891 g/mol. The van der Waals surface area contributed by atoms with Gasteiger partial charge in [0.2, 0.25) is 0 Å². The Morgan fingerprint density at radius 2 is 1.16 bits per heavy atom. The Labute approximate surface area is 438 Å². The molecule has 0 fully saturated rings. The number of benzene rings is 8. The lowest BCUT2D eigenvalue weighted by molar-refractivity contribution is 0.605. The van der Waals surface area contributed by atoms with Gasteiger partial charge >= 0.3 is 0 Å². The summed E-state index contributed by atoms with van der Waals surface area (Å²) in [6, 6.07) is 71.9. The van der Waals surface area contributed by atoms with Crippen molar-refractivity contribution in [2.24, 2.45) is 0 Å². The van der Waals surface area contributed by atoms with Gasteiger partial charge in [0.25, 0.3) is 0 Å². The molecule has 2 spiro atoms. The molecule has 0 saturated carbocycles. The minimum absolute atomic E-state index is 0.409. The summed E-state index contributed by atoms with van der Waals surface area (Å²) in [6.07, 6.45) is 22.4. The van der Waals surface area contributed by atoms with Crippen LogP contribution in [-0.2, 0) is 17.3 Å². The molecule has 1 aromatic heterocycles. The molecule has 1 unspecified atom stereocenters. The molecular formula is C73H63N. The Kier molecular flexibility index (Phi) is 13.0. The highest BCUT2D eigenvalue weighted by Crippen LogP contribution is 2.68. The van der Waals surface area contributed by atoms with E-state index in [0.717, 1.165) is 24.8 Å². The summed E-state index contributed by atoms with van der Waals surface area (Å²) in [5.41, 5.74) is 24.4. The average Bonchev–Trinajstić information content (AvgIpc) is 4.08. The normalized spacial score (nSPS) is 16.7. The Morgan fingerprint density at radius 1 is 0.581 bits per heavy atom. The molecule has 0 bridgehead atoms. The lowest BCUT2D eigenvalue weighted by atomic mass is 9.51. The van der Waals surface area contributed by atoms with Gasteiger partial charge < -0.3 is 4.57 Å². The van der Waals surface area contributed by atoms with Crippen LogP contribution in [0.5, 0.6) is 0 Å². The molecule has 0 radical (unpaired) electrons. The second-order valence-electron chi connectivity index (χ2n) is 19.4. The van der Waals surface area contributed by atoms with Crippen molar-refractivity contribution in [2.75, 3.05) is 0 Å². The Balaban J connectivity index is 0.000000174. The zero-order chi connectivity index (χ0) is 50.8. The fraction of sp³-hybridized carbons (Fsp3) is 0.123. The third-order valence-electron chi connectivity index (χ3n) is 15.7. The van der Waals surface area contributed by atoms with Crippen LogP contribution in [0.4, 0.5) is 0 Å². The molecule has 1 nitrogen and oxygen atoms in total. The van der Waals surface area contributed by atoms with Gasteiger partial charge in [-0.3, -0.25) is 0 Å². The highest BCUT2D eigenvalue weighted by molar-refractivity contribution is 6.09. The van der Waals surface area contributed by atoms with E-state index in [1.54, 1.807) is 0 Å². The lowest BCUT2D eigenvalue weighted by Gasteiger charge is -2.50. The number of aromatic nitrogens is 1. The van der Waals surface area contributed by atoms with E-state index in [0.29, 0.717) is 0 Å². The van der Waals surface area contributed by atoms with Crippen LogP contribution in [0, 0.1) is 6.92 Å². The first-order valence-electron chi connectivity index (χ1n) is 26.5. The zero-order valence-electron chi connectivity index (χ0n) is 43.2. The molecule has 8 aromatic carbocycles. The quantitative estimate of drug-likeness (QED) is 0.134. The summed E-state index contributed by atoms with van der Waals surface area (Å²) in [6.45, 7) is 16.3. The molecule has 0 amide bonds. The van der Waals surface area contributed by atoms with Crippen molar-refractivity contribution < 1.29 is 0 Å². The smallest absolute Gasteiger partial charge is 0.0717 e. The molecule has 74 heavy (non-hydrogen) atoms. The lowest BCUT2D eigenvalue weighted by Crippen LogP contribution is -2.45. The largest absolute Gasteiger partial charge is 0.309 e. The van der Waals surface area contributed by atoms with Gasteiger partial charge in [0, 0.05) is 16.5 Å². The number of allylic oxidation sites excluding steroid dienone is 14. The third kappa shape index (κ3) is 7.44. The van der Waals surface area contributed by atoms with Gasteiger partial charge in [0.05, 0.1) is 21.9 Å². The molecule has 360 valence electrons. The van der Waals surface area contributed by atoms with E-state index in [9.17, 15) is 0 Å². The Hall–Kier alpha value is -8.52. The minimum Gasteiger partial charge on any atom is -0.309 e. The van der Waals surface area contributed by atoms with Crippen molar-refractivity contribution >= 4 is 33.0 Å². The van der Waals surface area contributed by atoms with Crippen molar-refractivity contribution in [3.63, 3.8) is 0 Å². The minimum atomic E-state index is -0.463. The highest BCUT2D eigenvalue weighted by Gasteiger charge is 2.59. The van der Waals surface area contributed by atoms with Crippen LogP contribution in [0.2, 0.25) is 0 Å². The first-order chi connectivity index (χ1) is 36.5. The van der Waals surface area contributed by atoms with E-state index < -0.39 is 10.8 Å². The molecule has 4 aliphatic carbocycles. The molecule has 13 rings (SSSR count). The number of aryl methyl sites for hydroxylation is 1. The van der Waals surface area contributed by atoms with Crippen LogP contribution < -0.4 is 0 Å². The predicted molar refractivity (Wildman–Crippen MR) is 317 cm³/mol. The molecule has 0 aliphatic heterocycles. The van der Waals surface area contributed by atoms with Crippen LogP contribution >= 0.6 is 0 Å². The predicted octanol–water partition coefficient (Wildman–Crippen LogP) is 19.0. The number of rotatable bonds is 8. The van der Waals surface area contributed by atoms with Gasteiger partial charge in [-0.1, -0.05) is 251 Å². The van der Waals surface area contributed by atoms with Crippen molar-refractivity contribution in [2.45, 2.75) is 57.8 Å². The maximum Gasteiger partial charge on any atom is 0.0717 e. The summed E-state index contributed by atoms with van der Waals surface area (Å²) in [5, 5.41) is 2.59. The van der Waals surface area contributed by atoms with Crippen LogP contribution in [-0.4, -0.2) is 4.57 Å². The average molecular weight is 954 g/mol. The first kappa shape index (κ1) is 47.8. The van der Waals surface area contributed by atoms with Crippen molar-refractivity contribution in [1.29, 1.82) is 0 Å². The number of hydrogen-bond acceptors (Lipinski definition) is 0. The van der Waals surface area contributed by atoms with Gasteiger partial charge in [-0.15, -0.1) is 0 Å². The van der Waals surface area contributed by atoms with Crippen LogP contribution in [0.1, 0.15) is 83.7 Å². The number of hydrogen-bond donors (Lipinski definition) is 0. The highest BCUT2D eigenvalue weighted by atomic mass is 15.0. The van der Waals surface area contributed by atoms with Crippen LogP contribution in [0.3, 0.4) is 0 Å². The molecule has 1 atom stereocenters. The van der Waals surface area contributed by atoms with Gasteiger partial charge in [-0.25, -0.2) is 0 Å². The summed E-state index contributed by atoms with van der Waals surface area (Å²) < 4.78 is 2.34. The van der Waals surface area contributed by atoms with Crippen molar-refractivity contribution in [3.8, 4) is 16.8 Å². The van der Waals surface area contributed by atoms with E-state index >= 15 is 0 Å². The second-order valence-corrected chi connectivity index (χ2v) is 19.4. The van der Waals surface area contributed by atoms with Gasteiger partial charge in [0.15, 0.2) is 0 Å². The maximum atomic E-state index is 4.16. The molecule has 9 aromatic rings. The Morgan fingerprint density at radius 3 is 1.82 bits per heavy atom. The first-order valence-corrected chi connectivity index (χ1v) is 26.5. The number of nitrogens with zero attached hydrogens (tertiary/aromatic N) is 1. The van der Waals surface area contributed by atoms with Crippen LogP contribution in [0.15, 0.2) is 279 Å². The van der Waals surface area contributed by atoms with E-state index in [-0.39, 0.29) is 0 Å². The zero-order valence-corrected chi connectivity index (χ0v) is 43.2. The number of para-hydroxylation sites is 1. The molecule has 1 heteroatoms. The van der Waals surface area contributed by atoms with E-state index in [1.165, 1.54) is 111 Å².